The first-order chi connectivity index (χ1) is 10.1. The third-order valence-corrected chi connectivity index (χ3v) is 4.78. The van der Waals surface area contributed by atoms with E-state index in [0.29, 0.717) is 10.2 Å². The van der Waals surface area contributed by atoms with Gasteiger partial charge in [-0.05, 0) is 28.1 Å². The Morgan fingerprint density at radius 2 is 2.05 bits per heavy atom. The van der Waals surface area contributed by atoms with Crippen molar-refractivity contribution in [2.24, 2.45) is 0 Å². The van der Waals surface area contributed by atoms with Crippen LogP contribution in [0.1, 0.15) is 10.5 Å². The summed E-state index contributed by atoms with van der Waals surface area (Å²) in [5, 5.41) is 5.39. The van der Waals surface area contributed by atoms with E-state index in [1.807, 2.05) is 0 Å². The molecule has 0 aliphatic rings. The zero-order valence-electron chi connectivity index (χ0n) is 10.8. The van der Waals surface area contributed by atoms with Crippen LogP contribution in [0.4, 0.5) is 14.5 Å². The molecule has 1 aromatic carbocycles. The Labute approximate surface area is 137 Å². The van der Waals surface area contributed by atoms with E-state index in [1.165, 1.54) is 0 Å². The lowest BCUT2D eigenvalue weighted by Crippen LogP contribution is -2.17. The average molecular weight is 415 g/mol. The number of hydrogen-bond acceptors (Lipinski definition) is 4. The molecule has 11 heteroatoms. The minimum Gasteiger partial charge on any atom is -0.318 e. The molecular formula is C11H7BrClF2N3O3S. The second-order valence-electron chi connectivity index (χ2n) is 4.14. The summed E-state index contributed by atoms with van der Waals surface area (Å²) in [5.74, 6) is -2.71. The number of hydrogen-bond donors (Lipinski definition) is 1. The van der Waals surface area contributed by atoms with Crippen molar-refractivity contribution < 1.29 is 22.0 Å². The highest BCUT2D eigenvalue weighted by Crippen LogP contribution is 2.28. The molecule has 1 N–H and O–H groups in total. The molecule has 2 rings (SSSR count). The summed E-state index contributed by atoms with van der Waals surface area (Å²) in [6.45, 7) is 0. The number of amides is 1. The molecule has 0 atom stereocenters. The molecule has 0 aliphatic heterocycles. The first-order valence-electron chi connectivity index (χ1n) is 5.52. The smallest absolute Gasteiger partial charge is 0.277 e. The van der Waals surface area contributed by atoms with E-state index < -0.39 is 27.6 Å². The maximum absolute atomic E-state index is 13.5. The van der Waals surface area contributed by atoms with Gasteiger partial charge in [0, 0.05) is 6.07 Å². The van der Waals surface area contributed by atoms with Crippen LogP contribution in [-0.2, 0) is 10.0 Å². The van der Waals surface area contributed by atoms with Crippen molar-refractivity contribution in [3.05, 3.63) is 45.2 Å². The molecule has 2 aromatic rings. The quantitative estimate of drug-likeness (QED) is 0.837. The summed E-state index contributed by atoms with van der Waals surface area (Å²) in [7, 11) is -3.82. The second-order valence-corrected chi connectivity index (χ2v) is 7.10. The van der Waals surface area contributed by atoms with Gasteiger partial charge in [0.05, 0.1) is 16.4 Å². The van der Waals surface area contributed by atoms with Gasteiger partial charge in [-0.1, -0.05) is 11.6 Å². The number of rotatable bonds is 3. The molecule has 0 fully saturated rings. The molecular weight excluding hydrogens is 408 g/mol. The Balaban J connectivity index is 2.38. The molecule has 0 saturated carbocycles. The number of carbonyl (C=O) groups is 1. The summed E-state index contributed by atoms with van der Waals surface area (Å²) in [5.41, 5.74) is -0.650. The average Bonchev–Trinajstić information content (AvgIpc) is 2.69. The number of halogens is 4. The van der Waals surface area contributed by atoms with Crippen LogP contribution in [0.3, 0.4) is 0 Å². The topological polar surface area (TPSA) is 81.1 Å². The van der Waals surface area contributed by atoms with E-state index in [0.717, 1.165) is 18.4 Å². The summed E-state index contributed by atoms with van der Waals surface area (Å²) >= 11 is 8.71. The normalized spacial score (nSPS) is 11.5. The lowest BCUT2D eigenvalue weighted by atomic mass is 10.3. The van der Waals surface area contributed by atoms with Gasteiger partial charge in [-0.2, -0.15) is 0 Å². The van der Waals surface area contributed by atoms with Crippen LogP contribution in [0.25, 0.3) is 0 Å². The molecule has 1 amide bonds. The standard InChI is InChI=1S/C11H7BrClF2N3O3S/c1-22(20,21)18-10(13)8(12)9(17-18)11(19)16-7-3-2-5(14)4-6(7)15/h2-4H,1H3,(H,16,19). The Morgan fingerprint density at radius 1 is 1.41 bits per heavy atom. The number of carbonyl (C=O) groups excluding carboxylic acids is 1. The van der Waals surface area contributed by atoms with Gasteiger partial charge >= 0.3 is 0 Å². The number of anilines is 1. The van der Waals surface area contributed by atoms with Gasteiger partial charge < -0.3 is 5.32 Å². The van der Waals surface area contributed by atoms with Crippen molar-refractivity contribution in [3.63, 3.8) is 0 Å². The van der Waals surface area contributed by atoms with Gasteiger partial charge in [0.25, 0.3) is 15.9 Å². The molecule has 0 radical (unpaired) electrons. The minimum atomic E-state index is -3.82. The Morgan fingerprint density at radius 3 is 2.55 bits per heavy atom. The molecule has 1 heterocycles. The summed E-state index contributed by atoms with van der Waals surface area (Å²) < 4.78 is 49.6. The van der Waals surface area contributed by atoms with E-state index in [4.69, 9.17) is 11.6 Å². The number of nitrogens with one attached hydrogen (secondary N) is 1. The summed E-state index contributed by atoms with van der Waals surface area (Å²) in [6.07, 6.45) is 0.847. The third-order valence-electron chi connectivity index (χ3n) is 2.46. The van der Waals surface area contributed by atoms with Crippen LogP contribution < -0.4 is 5.32 Å². The van der Waals surface area contributed by atoms with Crippen LogP contribution >= 0.6 is 27.5 Å². The zero-order valence-corrected chi connectivity index (χ0v) is 13.9. The van der Waals surface area contributed by atoms with Gasteiger partial charge in [0.15, 0.2) is 10.8 Å². The fourth-order valence-corrected chi connectivity index (χ4v) is 3.16. The van der Waals surface area contributed by atoms with Crippen LogP contribution in [0, 0.1) is 11.6 Å². The molecule has 118 valence electrons. The van der Waals surface area contributed by atoms with E-state index in [9.17, 15) is 22.0 Å². The fourth-order valence-electron chi connectivity index (χ4n) is 1.50. The van der Waals surface area contributed by atoms with Crippen molar-refractivity contribution in [2.45, 2.75) is 0 Å². The number of nitrogens with zero attached hydrogens (tertiary/aromatic N) is 2. The van der Waals surface area contributed by atoms with Crippen LogP contribution in [-0.4, -0.2) is 29.8 Å². The maximum atomic E-state index is 13.5. The predicted molar refractivity (Wildman–Crippen MR) is 79.5 cm³/mol. The molecule has 0 bridgehead atoms. The van der Waals surface area contributed by atoms with Gasteiger partial charge in [-0.25, -0.2) is 17.2 Å². The zero-order chi connectivity index (χ0) is 16.7. The Kier molecular flexibility index (Phi) is 4.54. The lowest BCUT2D eigenvalue weighted by Gasteiger charge is -2.04. The molecule has 22 heavy (non-hydrogen) atoms. The molecule has 0 unspecified atom stereocenters. The summed E-state index contributed by atoms with van der Waals surface area (Å²) in [6, 6.07) is 2.56. The highest BCUT2D eigenvalue weighted by molar-refractivity contribution is 9.10. The van der Waals surface area contributed by atoms with E-state index >= 15 is 0 Å². The van der Waals surface area contributed by atoms with E-state index in [2.05, 4.69) is 26.3 Å². The first kappa shape index (κ1) is 16.8. The lowest BCUT2D eigenvalue weighted by molar-refractivity contribution is 0.102. The van der Waals surface area contributed by atoms with Crippen LogP contribution in [0.5, 0.6) is 0 Å². The van der Waals surface area contributed by atoms with Crippen molar-refractivity contribution >= 4 is 49.1 Å². The SMILES string of the molecule is CS(=O)(=O)n1nc(C(=O)Nc2ccc(F)cc2F)c(Br)c1Cl. The van der Waals surface area contributed by atoms with Crippen molar-refractivity contribution in [2.75, 3.05) is 11.6 Å². The molecule has 0 spiro atoms. The van der Waals surface area contributed by atoms with Crippen LogP contribution in [0.2, 0.25) is 5.15 Å². The second kappa shape index (κ2) is 5.94. The number of benzene rings is 1. The minimum absolute atomic E-state index is 0.0698. The van der Waals surface area contributed by atoms with Crippen molar-refractivity contribution in [3.8, 4) is 0 Å². The van der Waals surface area contributed by atoms with Crippen LogP contribution in [0.15, 0.2) is 22.7 Å². The van der Waals surface area contributed by atoms with Gasteiger partial charge in [-0.15, -0.1) is 9.19 Å². The maximum Gasteiger partial charge on any atom is 0.277 e. The highest BCUT2D eigenvalue weighted by atomic mass is 79.9. The summed E-state index contributed by atoms with van der Waals surface area (Å²) in [4.78, 5) is 12.0. The Hall–Kier alpha value is -1.52. The van der Waals surface area contributed by atoms with E-state index in [1.54, 1.807) is 0 Å². The van der Waals surface area contributed by atoms with Gasteiger partial charge in [0.2, 0.25) is 0 Å². The highest BCUT2D eigenvalue weighted by Gasteiger charge is 2.25. The largest absolute Gasteiger partial charge is 0.318 e. The van der Waals surface area contributed by atoms with Gasteiger partial charge in [-0.3, -0.25) is 4.79 Å². The Bertz CT molecular complexity index is 870. The molecule has 0 aliphatic carbocycles. The van der Waals surface area contributed by atoms with Crippen molar-refractivity contribution in [1.29, 1.82) is 0 Å². The first-order valence-corrected chi connectivity index (χ1v) is 8.54. The van der Waals surface area contributed by atoms with Gasteiger partial charge in [0.1, 0.15) is 11.6 Å². The van der Waals surface area contributed by atoms with E-state index in [-0.39, 0.29) is 21.0 Å². The fraction of sp³-hybridized carbons (Fsp3) is 0.0909. The van der Waals surface area contributed by atoms with Crippen molar-refractivity contribution in [1.82, 2.24) is 9.19 Å². The predicted octanol–water partition coefficient (Wildman–Crippen LogP) is 2.64. The molecule has 1 aromatic heterocycles. The third kappa shape index (κ3) is 3.28. The molecule has 6 nitrogen and oxygen atoms in total. The monoisotopic (exact) mass is 413 g/mol. The molecule has 0 saturated heterocycles. The number of aromatic nitrogens is 2.